The van der Waals surface area contributed by atoms with Crippen molar-refractivity contribution >= 4 is 17.6 Å². The summed E-state index contributed by atoms with van der Waals surface area (Å²) in [5, 5.41) is 4.76. The van der Waals surface area contributed by atoms with Crippen LogP contribution in [0.15, 0.2) is 42.6 Å². The molecule has 0 aliphatic carbocycles. The number of anilines is 1. The maximum absolute atomic E-state index is 13.1. The van der Waals surface area contributed by atoms with Gasteiger partial charge in [0, 0.05) is 24.3 Å². The zero-order valence-corrected chi connectivity index (χ0v) is 21.6. The molecule has 4 rings (SSSR count). The predicted octanol–water partition coefficient (Wildman–Crippen LogP) is 4.75. The molecule has 2 bridgehead atoms. The summed E-state index contributed by atoms with van der Waals surface area (Å²) in [6.45, 7) is 1.46. The second-order valence-electron chi connectivity index (χ2n) is 10.2. The number of ether oxygens (including phenoxy) is 2. The van der Waals surface area contributed by atoms with E-state index in [2.05, 4.69) is 19.9 Å². The molecule has 2 aliphatic rings. The molecule has 3 heterocycles. The Labute approximate surface area is 226 Å². The summed E-state index contributed by atoms with van der Waals surface area (Å²) in [7, 11) is 0. The van der Waals surface area contributed by atoms with E-state index in [4.69, 9.17) is 4.74 Å². The maximum atomic E-state index is 13.1. The molecule has 0 saturated carbocycles. The Hall–Kier alpha value is -3.71. The number of aromatic nitrogens is 1. The molecule has 2 aromatic rings. The molecule has 2 fully saturated rings. The van der Waals surface area contributed by atoms with E-state index in [0.717, 1.165) is 18.9 Å². The van der Waals surface area contributed by atoms with Gasteiger partial charge in [0.1, 0.15) is 12.4 Å². The number of alkyl halides is 6. The van der Waals surface area contributed by atoms with E-state index >= 15 is 0 Å². The van der Waals surface area contributed by atoms with Crippen molar-refractivity contribution in [1.29, 1.82) is 0 Å². The van der Waals surface area contributed by atoms with Crippen molar-refractivity contribution in [3.8, 4) is 11.5 Å². The fourth-order valence-corrected chi connectivity index (χ4v) is 5.05. The summed E-state index contributed by atoms with van der Waals surface area (Å²) in [5.74, 6) is -1.58. The van der Waals surface area contributed by atoms with Crippen LogP contribution in [0.2, 0.25) is 0 Å². The van der Waals surface area contributed by atoms with Gasteiger partial charge in [0.25, 0.3) is 11.8 Å². The number of rotatable bonds is 8. The van der Waals surface area contributed by atoms with E-state index < -0.39 is 42.2 Å². The van der Waals surface area contributed by atoms with E-state index in [1.807, 2.05) is 5.32 Å². The molecule has 2 unspecified atom stereocenters. The summed E-state index contributed by atoms with van der Waals surface area (Å²) in [4.78, 5) is 31.5. The molecule has 0 spiro atoms. The first-order chi connectivity index (χ1) is 18.6. The lowest BCUT2D eigenvalue weighted by molar-refractivity contribution is -0.275. The summed E-state index contributed by atoms with van der Waals surface area (Å²) >= 11 is 0. The van der Waals surface area contributed by atoms with Crippen molar-refractivity contribution in [1.82, 2.24) is 15.6 Å². The monoisotopic (exact) mass is 574 g/mol. The highest BCUT2D eigenvalue weighted by molar-refractivity contribution is 5.94. The predicted molar refractivity (Wildman–Crippen MR) is 131 cm³/mol. The van der Waals surface area contributed by atoms with Crippen LogP contribution in [0.5, 0.6) is 11.5 Å². The highest BCUT2D eigenvalue weighted by atomic mass is 19.4. The normalized spacial score (nSPS) is 21.1. The first-order valence-corrected chi connectivity index (χ1v) is 12.6. The summed E-state index contributed by atoms with van der Waals surface area (Å²) in [5.41, 5.74) is -1.50. The van der Waals surface area contributed by atoms with Gasteiger partial charge in [-0.1, -0.05) is 12.1 Å². The topological polar surface area (TPSA) is 92.8 Å². The number of fused-ring (bicyclic) bond motifs is 2. The Morgan fingerprint density at radius 3 is 2.08 bits per heavy atom. The van der Waals surface area contributed by atoms with Crippen LogP contribution in [0.4, 0.5) is 32.2 Å². The smallest absolute Gasteiger partial charge is 0.474 e. The van der Waals surface area contributed by atoms with Crippen LogP contribution in [0.25, 0.3) is 0 Å². The van der Waals surface area contributed by atoms with E-state index in [0.29, 0.717) is 18.7 Å². The number of piperidine rings is 1. The van der Waals surface area contributed by atoms with Crippen molar-refractivity contribution in [3.63, 3.8) is 0 Å². The van der Waals surface area contributed by atoms with Crippen molar-refractivity contribution < 1.29 is 45.4 Å². The zero-order valence-electron chi connectivity index (χ0n) is 21.6. The minimum Gasteiger partial charge on any atom is -0.474 e. The molecule has 2 atom stereocenters. The number of carbonyl (C=O) groups excluding carboxylic acids is 2. The molecular weight excluding hydrogens is 546 g/mol. The second-order valence-corrected chi connectivity index (χ2v) is 10.2. The molecule has 8 nitrogen and oxygen atoms in total. The minimum atomic E-state index is -4.92. The number of nitrogens with one attached hydrogen (secondary N) is 2. The number of nitrogens with zero attached hydrogens (tertiary/aromatic N) is 2. The van der Waals surface area contributed by atoms with E-state index in [1.165, 1.54) is 44.3 Å². The molecule has 2 aliphatic heterocycles. The fourth-order valence-electron chi connectivity index (χ4n) is 5.05. The average Bonchev–Trinajstić information content (AvgIpc) is 3.12. The van der Waals surface area contributed by atoms with Gasteiger partial charge >= 0.3 is 12.5 Å². The number of pyridine rings is 1. The molecule has 2 saturated heterocycles. The Morgan fingerprint density at radius 2 is 1.55 bits per heavy atom. The van der Waals surface area contributed by atoms with Crippen LogP contribution < -0.4 is 25.0 Å². The first kappa shape index (κ1) is 29.3. The standard InChI is InChI=1S/C26H28F6N4O4/c1-24(2,39-19-5-3-4-6-20(19)40-26(30,31)32)23(38)35-16-11-17-8-9-18(12-16)36(17)21-10-7-15(13-33-21)22(37)34-14-25(27,28)29/h3-7,10,13,16-18H,8-9,11-12,14H2,1-2H3,(H,34,37)(H,35,38). The molecule has 2 amide bonds. The van der Waals surface area contributed by atoms with Gasteiger partial charge in [-0.3, -0.25) is 9.59 Å². The molecule has 1 aromatic carbocycles. The lowest BCUT2D eigenvalue weighted by Crippen LogP contribution is -2.55. The van der Waals surface area contributed by atoms with Gasteiger partial charge in [0.05, 0.1) is 5.56 Å². The van der Waals surface area contributed by atoms with Crippen LogP contribution in [0.3, 0.4) is 0 Å². The van der Waals surface area contributed by atoms with Crippen LogP contribution in [-0.2, 0) is 4.79 Å². The van der Waals surface area contributed by atoms with Gasteiger partial charge in [-0.25, -0.2) is 4.98 Å². The third kappa shape index (κ3) is 7.27. The summed E-state index contributed by atoms with van der Waals surface area (Å²) in [6.07, 6.45) is -5.41. The number of para-hydroxylation sites is 2. The van der Waals surface area contributed by atoms with Crippen LogP contribution in [0.1, 0.15) is 49.9 Å². The number of hydrogen-bond donors (Lipinski definition) is 2. The number of halogens is 6. The molecule has 14 heteroatoms. The van der Waals surface area contributed by atoms with E-state index in [1.54, 1.807) is 6.07 Å². The number of amides is 2. The summed E-state index contributed by atoms with van der Waals surface area (Å²) < 4.78 is 85.0. The third-order valence-electron chi connectivity index (χ3n) is 6.78. The van der Waals surface area contributed by atoms with Crippen molar-refractivity contribution in [2.45, 2.75) is 75.8 Å². The minimum absolute atomic E-state index is 0.00642. The number of hydrogen-bond acceptors (Lipinski definition) is 6. The van der Waals surface area contributed by atoms with Crippen molar-refractivity contribution in [3.05, 3.63) is 48.2 Å². The second kappa shape index (κ2) is 11.0. The van der Waals surface area contributed by atoms with Gasteiger partial charge in [-0.15, -0.1) is 13.2 Å². The number of benzene rings is 1. The van der Waals surface area contributed by atoms with Crippen LogP contribution in [-0.4, -0.2) is 59.6 Å². The van der Waals surface area contributed by atoms with Crippen molar-refractivity contribution in [2.75, 3.05) is 11.4 Å². The van der Waals surface area contributed by atoms with Gasteiger partial charge in [-0.05, 0) is 63.8 Å². The van der Waals surface area contributed by atoms with E-state index in [9.17, 15) is 35.9 Å². The van der Waals surface area contributed by atoms with Gasteiger partial charge in [0.2, 0.25) is 0 Å². The molecular formula is C26H28F6N4O4. The molecule has 1 aromatic heterocycles. The third-order valence-corrected chi connectivity index (χ3v) is 6.78. The molecule has 218 valence electrons. The van der Waals surface area contributed by atoms with Gasteiger partial charge < -0.3 is 25.0 Å². The SMILES string of the molecule is CC(C)(Oc1ccccc1OC(F)(F)F)C(=O)NC1CC2CCC(C1)N2c1ccc(C(=O)NCC(F)(F)F)cn1. The van der Waals surface area contributed by atoms with Crippen LogP contribution >= 0.6 is 0 Å². The Bertz CT molecular complexity index is 1200. The lowest BCUT2D eigenvalue weighted by atomic mass is 9.96. The lowest BCUT2D eigenvalue weighted by Gasteiger charge is -2.40. The quantitative estimate of drug-likeness (QED) is 0.443. The van der Waals surface area contributed by atoms with Crippen molar-refractivity contribution in [2.24, 2.45) is 0 Å². The van der Waals surface area contributed by atoms with Crippen LogP contribution in [0, 0.1) is 0 Å². The van der Waals surface area contributed by atoms with Gasteiger partial charge in [0.15, 0.2) is 17.1 Å². The highest BCUT2D eigenvalue weighted by Gasteiger charge is 2.43. The Kier molecular flexibility index (Phi) is 8.08. The fraction of sp³-hybridized carbons (Fsp3) is 0.500. The van der Waals surface area contributed by atoms with E-state index in [-0.39, 0.29) is 29.4 Å². The Morgan fingerprint density at radius 1 is 0.950 bits per heavy atom. The number of carbonyl (C=O) groups is 2. The average molecular weight is 575 g/mol. The summed E-state index contributed by atoms with van der Waals surface area (Å²) in [6, 6.07) is 8.03. The maximum Gasteiger partial charge on any atom is 0.573 e. The molecule has 40 heavy (non-hydrogen) atoms. The zero-order chi connectivity index (χ0) is 29.3. The Balaban J connectivity index is 1.36. The molecule has 0 radical (unpaired) electrons. The molecule has 2 N–H and O–H groups in total. The first-order valence-electron chi connectivity index (χ1n) is 12.6. The largest absolute Gasteiger partial charge is 0.573 e. The highest BCUT2D eigenvalue weighted by Crippen LogP contribution is 2.39. The van der Waals surface area contributed by atoms with Gasteiger partial charge in [-0.2, -0.15) is 13.2 Å².